The van der Waals surface area contributed by atoms with Crippen molar-refractivity contribution in [1.29, 1.82) is 0 Å². The molecule has 7 nitrogen and oxygen atoms in total. The normalized spacial score (nSPS) is 36.4. The van der Waals surface area contributed by atoms with E-state index >= 15 is 0 Å². The van der Waals surface area contributed by atoms with E-state index in [0.29, 0.717) is 0 Å². The SMILES string of the molecule is CCOC(=O)[C@@H]1[C@@H]2CCC3(S2)C(C(=O)NC(C)C)N([C@H](C)CO)C(=O)[C@H]13. The van der Waals surface area contributed by atoms with E-state index in [1.807, 2.05) is 13.8 Å². The average Bonchev–Trinajstić information content (AvgIpc) is 3.21. The number of nitrogens with one attached hydrogen (secondary N) is 1. The largest absolute Gasteiger partial charge is 0.466 e. The second kappa shape index (κ2) is 7.03. The van der Waals surface area contributed by atoms with E-state index in [1.165, 1.54) is 4.90 Å². The zero-order valence-electron chi connectivity index (χ0n) is 15.7. The fraction of sp³-hybridized carbons (Fsp3) is 0.833. The van der Waals surface area contributed by atoms with Gasteiger partial charge in [0.15, 0.2) is 0 Å². The van der Waals surface area contributed by atoms with Crippen LogP contribution in [0.1, 0.15) is 40.5 Å². The van der Waals surface area contributed by atoms with Gasteiger partial charge in [-0.1, -0.05) is 0 Å². The maximum Gasteiger partial charge on any atom is 0.310 e. The molecule has 0 aliphatic carbocycles. The topological polar surface area (TPSA) is 95.9 Å². The van der Waals surface area contributed by atoms with Gasteiger partial charge in [0, 0.05) is 11.3 Å². The smallest absolute Gasteiger partial charge is 0.310 e. The lowest BCUT2D eigenvalue weighted by atomic mass is 9.71. The summed E-state index contributed by atoms with van der Waals surface area (Å²) >= 11 is 1.60. The zero-order valence-corrected chi connectivity index (χ0v) is 16.5. The highest BCUT2D eigenvalue weighted by Gasteiger charge is 2.74. The highest BCUT2D eigenvalue weighted by atomic mass is 32.2. The van der Waals surface area contributed by atoms with E-state index in [2.05, 4.69) is 5.32 Å². The van der Waals surface area contributed by atoms with Crippen LogP contribution in [-0.4, -0.2) is 69.1 Å². The van der Waals surface area contributed by atoms with Crippen molar-refractivity contribution in [2.24, 2.45) is 11.8 Å². The van der Waals surface area contributed by atoms with Gasteiger partial charge in [-0.05, 0) is 40.5 Å². The molecule has 8 heteroatoms. The Morgan fingerprint density at radius 3 is 2.69 bits per heavy atom. The van der Waals surface area contributed by atoms with Crippen LogP contribution in [0.3, 0.4) is 0 Å². The molecule has 3 fully saturated rings. The van der Waals surface area contributed by atoms with E-state index in [-0.39, 0.29) is 42.3 Å². The number of nitrogens with zero attached hydrogens (tertiary/aromatic N) is 1. The monoisotopic (exact) mass is 384 g/mol. The maximum absolute atomic E-state index is 13.3. The fourth-order valence-electron chi connectivity index (χ4n) is 4.82. The van der Waals surface area contributed by atoms with E-state index < -0.39 is 28.7 Å². The minimum absolute atomic E-state index is 0.0175. The lowest BCUT2D eigenvalue weighted by Crippen LogP contribution is -2.56. The Morgan fingerprint density at radius 2 is 2.12 bits per heavy atom. The Morgan fingerprint density at radius 1 is 1.42 bits per heavy atom. The summed E-state index contributed by atoms with van der Waals surface area (Å²) in [7, 11) is 0. The molecular weight excluding hydrogens is 356 g/mol. The molecule has 2 unspecified atom stereocenters. The van der Waals surface area contributed by atoms with E-state index in [1.54, 1.807) is 25.6 Å². The summed E-state index contributed by atoms with van der Waals surface area (Å²) in [6, 6.07) is -1.20. The number of rotatable bonds is 6. The summed E-state index contributed by atoms with van der Waals surface area (Å²) in [6.45, 7) is 7.30. The van der Waals surface area contributed by atoms with E-state index in [9.17, 15) is 19.5 Å². The van der Waals surface area contributed by atoms with Crippen LogP contribution in [0.2, 0.25) is 0 Å². The van der Waals surface area contributed by atoms with Gasteiger partial charge >= 0.3 is 5.97 Å². The summed E-state index contributed by atoms with van der Waals surface area (Å²) in [5.41, 5.74) is 0. The Kier molecular flexibility index (Phi) is 5.27. The second-order valence-corrected chi connectivity index (χ2v) is 9.35. The van der Waals surface area contributed by atoms with Crippen molar-refractivity contribution >= 4 is 29.5 Å². The van der Waals surface area contributed by atoms with Gasteiger partial charge < -0.3 is 20.1 Å². The van der Waals surface area contributed by atoms with Crippen LogP contribution in [0.5, 0.6) is 0 Å². The number of amides is 2. The molecule has 0 aromatic heterocycles. The number of likely N-dealkylation sites (tertiary alicyclic amines) is 1. The third-order valence-electron chi connectivity index (χ3n) is 5.72. The first-order valence-corrected chi connectivity index (χ1v) is 10.2. The van der Waals surface area contributed by atoms with Gasteiger partial charge in [-0.2, -0.15) is 0 Å². The van der Waals surface area contributed by atoms with Crippen molar-refractivity contribution in [2.75, 3.05) is 13.2 Å². The lowest BCUT2D eigenvalue weighted by Gasteiger charge is -2.36. The van der Waals surface area contributed by atoms with Crippen molar-refractivity contribution in [3.8, 4) is 0 Å². The number of esters is 1. The Bertz CT molecular complexity index is 612. The highest BCUT2D eigenvalue weighted by molar-refractivity contribution is 8.02. The van der Waals surface area contributed by atoms with Gasteiger partial charge in [0.1, 0.15) is 6.04 Å². The minimum Gasteiger partial charge on any atom is -0.466 e. The van der Waals surface area contributed by atoms with Crippen molar-refractivity contribution in [3.05, 3.63) is 0 Å². The summed E-state index contributed by atoms with van der Waals surface area (Å²) in [5.74, 6) is -1.81. The molecule has 2 N–H and O–H groups in total. The Balaban J connectivity index is 2.02. The molecule has 0 saturated carbocycles. The summed E-state index contributed by atoms with van der Waals surface area (Å²) < 4.78 is 4.63. The summed E-state index contributed by atoms with van der Waals surface area (Å²) in [6.07, 6.45) is 1.52. The van der Waals surface area contributed by atoms with Gasteiger partial charge in [0.25, 0.3) is 0 Å². The molecule has 6 atom stereocenters. The third kappa shape index (κ3) is 2.72. The molecule has 3 heterocycles. The molecule has 3 aliphatic rings. The Hall–Kier alpha value is -1.28. The molecule has 146 valence electrons. The molecule has 0 radical (unpaired) electrons. The summed E-state index contributed by atoms with van der Waals surface area (Å²) in [4.78, 5) is 40.4. The predicted octanol–water partition coefficient (Wildman–Crippen LogP) is 0.546. The minimum atomic E-state index is -0.668. The van der Waals surface area contributed by atoms with E-state index in [4.69, 9.17) is 4.74 Å². The van der Waals surface area contributed by atoms with Crippen LogP contribution in [0.15, 0.2) is 0 Å². The van der Waals surface area contributed by atoms with Crippen molar-refractivity contribution < 1.29 is 24.2 Å². The fourth-order valence-corrected chi connectivity index (χ4v) is 7.02. The molecule has 2 bridgehead atoms. The average molecular weight is 384 g/mol. The first-order chi connectivity index (χ1) is 12.3. The van der Waals surface area contributed by atoms with Crippen LogP contribution in [0.25, 0.3) is 0 Å². The molecule has 1 spiro atoms. The molecule has 26 heavy (non-hydrogen) atoms. The van der Waals surface area contributed by atoms with Gasteiger partial charge in [-0.15, -0.1) is 11.8 Å². The number of fused-ring (bicyclic) bond motifs is 1. The maximum atomic E-state index is 13.3. The molecular formula is C18H28N2O5S. The molecule has 3 saturated heterocycles. The molecule has 0 aromatic rings. The number of carbonyl (C=O) groups excluding carboxylic acids is 3. The van der Waals surface area contributed by atoms with Crippen LogP contribution >= 0.6 is 11.8 Å². The van der Waals surface area contributed by atoms with Crippen molar-refractivity contribution in [1.82, 2.24) is 10.2 Å². The quantitative estimate of drug-likeness (QED) is 0.649. The van der Waals surface area contributed by atoms with Crippen LogP contribution in [0, 0.1) is 11.8 Å². The first kappa shape index (κ1) is 19.5. The van der Waals surface area contributed by atoms with Crippen LogP contribution in [-0.2, 0) is 19.1 Å². The number of hydrogen-bond donors (Lipinski definition) is 2. The van der Waals surface area contributed by atoms with Crippen molar-refractivity contribution in [3.63, 3.8) is 0 Å². The molecule has 3 rings (SSSR count). The zero-order chi connectivity index (χ0) is 19.2. The van der Waals surface area contributed by atoms with E-state index in [0.717, 1.165) is 12.8 Å². The summed E-state index contributed by atoms with van der Waals surface area (Å²) in [5, 5.41) is 12.6. The standard InChI is InChI=1S/C18H28N2O5S/c1-5-25-17(24)12-11-6-7-18(26-11)13(12)16(23)20(10(4)8-21)14(18)15(22)19-9(2)3/h9-14,21H,5-8H2,1-4H3,(H,19,22)/t10-,11+,12-,13+,14?,18?/m1/s1. The van der Waals surface area contributed by atoms with Gasteiger partial charge in [-0.25, -0.2) is 0 Å². The van der Waals surface area contributed by atoms with Gasteiger partial charge in [-0.3, -0.25) is 14.4 Å². The van der Waals surface area contributed by atoms with Crippen LogP contribution in [0.4, 0.5) is 0 Å². The third-order valence-corrected chi connectivity index (χ3v) is 7.67. The lowest BCUT2D eigenvalue weighted by molar-refractivity contribution is -0.154. The molecule has 2 amide bonds. The first-order valence-electron chi connectivity index (χ1n) is 9.36. The van der Waals surface area contributed by atoms with Crippen LogP contribution < -0.4 is 5.32 Å². The van der Waals surface area contributed by atoms with Gasteiger partial charge in [0.2, 0.25) is 11.8 Å². The number of aliphatic hydroxyl groups is 1. The second-order valence-electron chi connectivity index (χ2n) is 7.75. The Labute approximate surface area is 158 Å². The van der Waals surface area contributed by atoms with Crippen molar-refractivity contribution in [2.45, 2.75) is 68.7 Å². The molecule has 3 aliphatic heterocycles. The highest BCUT2D eigenvalue weighted by Crippen LogP contribution is 2.66. The van der Waals surface area contributed by atoms with Gasteiger partial charge in [0.05, 0.1) is 35.8 Å². The number of aliphatic hydroxyl groups excluding tert-OH is 1. The molecule has 0 aromatic carbocycles. The number of ether oxygens (including phenoxy) is 1. The predicted molar refractivity (Wildman–Crippen MR) is 97.4 cm³/mol. The number of thioether (sulfide) groups is 1. The number of hydrogen-bond acceptors (Lipinski definition) is 6. The number of carbonyl (C=O) groups is 3.